The second-order valence-corrected chi connectivity index (χ2v) is 8.34. The Hall–Kier alpha value is -2.30. The van der Waals surface area contributed by atoms with Gasteiger partial charge in [0.05, 0.1) is 7.11 Å². The number of aromatic nitrogens is 2. The molecule has 0 fully saturated rings. The highest BCUT2D eigenvalue weighted by atomic mass is 16.6. The highest BCUT2D eigenvalue weighted by molar-refractivity contribution is 5.78. The lowest BCUT2D eigenvalue weighted by molar-refractivity contribution is -0.156. The van der Waals surface area contributed by atoms with Crippen LogP contribution in [0.15, 0.2) is 30.5 Å². The maximum absolute atomic E-state index is 11.7. The molecule has 142 valence electrons. The van der Waals surface area contributed by atoms with E-state index in [1.807, 2.05) is 30.5 Å². The van der Waals surface area contributed by atoms with Crippen molar-refractivity contribution in [3.05, 3.63) is 47.5 Å². The van der Waals surface area contributed by atoms with E-state index in [-0.39, 0.29) is 5.41 Å². The quantitative estimate of drug-likeness (QED) is 0.757. The molecular formula is C21H30N2O3. The molecule has 0 unspecified atom stereocenters. The van der Waals surface area contributed by atoms with Crippen LogP contribution in [0.25, 0.3) is 0 Å². The van der Waals surface area contributed by atoms with Crippen molar-refractivity contribution < 1.29 is 14.3 Å². The van der Waals surface area contributed by atoms with E-state index in [0.717, 1.165) is 25.1 Å². The fourth-order valence-electron chi connectivity index (χ4n) is 2.76. The minimum Gasteiger partial charge on any atom is -0.476 e. The van der Waals surface area contributed by atoms with Crippen molar-refractivity contribution in [3.8, 4) is 5.75 Å². The van der Waals surface area contributed by atoms with E-state index in [1.54, 1.807) is 13.8 Å². The maximum atomic E-state index is 11.7. The van der Waals surface area contributed by atoms with E-state index in [4.69, 9.17) is 9.47 Å². The van der Waals surface area contributed by atoms with Crippen molar-refractivity contribution in [3.63, 3.8) is 0 Å². The van der Waals surface area contributed by atoms with Crippen LogP contribution in [0.1, 0.15) is 51.7 Å². The summed E-state index contributed by atoms with van der Waals surface area (Å²) in [6.07, 6.45) is 4.68. The monoisotopic (exact) mass is 358 g/mol. The Bertz CT molecular complexity index is 724. The number of hydrogen-bond donors (Lipinski definition) is 1. The van der Waals surface area contributed by atoms with E-state index in [9.17, 15) is 4.79 Å². The van der Waals surface area contributed by atoms with Crippen molar-refractivity contribution in [1.29, 1.82) is 0 Å². The predicted octanol–water partition coefficient (Wildman–Crippen LogP) is 4.11. The summed E-state index contributed by atoms with van der Waals surface area (Å²) in [6, 6.07) is 7.80. The Morgan fingerprint density at radius 2 is 1.73 bits per heavy atom. The average molecular weight is 358 g/mol. The standard InChI is InChI=1S/C21H30N2O3/c1-20(2,3)13-16-14-22-18(23-16)12-9-15-7-10-17(11-8-15)26-21(4,5)19(24)25-6/h7-8,10-11,14H,9,12-13H2,1-6H3,(H,22,23). The van der Waals surface area contributed by atoms with Crippen molar-refractivity contribution in [2.75, 3.05) is 7.11 Å². The number of aryl methyl sites for hydroxylation is 2. The fraction of sp³-hybridized carbons (Fsp3) is 0.524. The number of nitrogens with zero attached hydrogens (tertiary/aromatic N) is 1. The Kier molecular flexibility index (Phi) is 6.11. The molecule has 1 aromatic heterocycles. The molecule has 1 heterocycles. The summed E-state index contributed by atoms with van der Waals surface area (Å²) in [5, 5.41) is 0. The third-order valence-corrected chi connectivity index (χ3v) is 4.03. The van der Waals surface area contributed by atoms with E-state index >= 15 is 0 Å². The number of hydrogen-bond acceptors (Lipinski definition) is 4. The number of esters is 1. The minimum absolute atomic E-state index is 0.248. The number of benzene rings is 1. The largest absolute Gasteiger partial charge is 0.476 e. The molecule has 5 heteroatoms. The first-order valence-electron chi connectivity index (χ1n) is 8.98. The SMILES string of the molecule is COC(=O)C(C)(C)Oc1ccc(CCc2ncc(CC(C)(C)C)[nH]2)cc1. The summed E-state index contributed by atoms with van der Waals surface area (Å²) in [5.41, 5.74) is 1.62. The number of imidazole rings is 1. The zero-order valence-corrected chi connectivity index (χ0v) is 16.7. The second kappa shape index (κ2) is 7.94. The third-order valence-electron chi connectivity index (χ3n) is 4.03. The van der Waals surface area contributed by atoms with Gasteiger partial charge in [0.25, 0.3) is 0 Å². The van der Waals surface area contributed by atoms with Crippen LogP contribution >= 0.6 is 0 Å². The smallest absolute Gasteiger partial charge is 0.349 e. The van der Waals surface area contributed by atoms with Crippen LogP contribution in [-0.4, -0.2) is 28.6 Å². The first kappa shape index (κ1) is 20.0. The molecule has 26 heavy (non-hydrogen) atoms. The van der Waals surface area contributed by atoms with Crippen LogP contribution in [0, 0.1) is 5.41 Å². The molecule has 0 aliphatic heterocycles. The molecule has 1 N–H and O–H groups in total. The number of nitrogens with one attached hydrogen (secondary N) is 1. The Balaban J connectivity index is 1.91. The zero-order chi connectivity index (χ0) is 19.4. The first-order chi connectivity index (χ1) is 12.1. The van der Waals surface area contributed by atoms with Gasteiger partial charge in [0.2, 0.25) is 0 Å². The molecule has 0 spiro atoms. The molecular weight excluding hydrogens is 328 g/mol. The van der Waals surface area contributed by atoms with Crippen LogP contribution in [-0.2, 0) is 28.8 Å². The van der Waals surface area contributed by atoms with Crippen LogP contribution < -0.4 is 4.74 Å². The second-order valence-electron chi connectivity index (χ2n) is 8.34. The molecule has 0 atom stereocenters. The number of rotatable bonds is 7. The van der Waals surface area contributed by atoms with Gasteiger partial charge in [-0.25, -0.2) is 9.78 Å². The van der Waals surface area contributed by atoms with Crippen molar-refractivity contribution in [1.82, 2.24) is 9.97 Å². The lowest BCUT2D eigenvalue weighted by Gasteiger charge is -2.23. The van der Waals surface area contributed by atoms with Crippen molar-refractivity contribution in [2.45, 2.75) is 59.5 Å². The van der Waals surface area contributed by atoms with Gasteiger partial charge in [0.1, 0.15) is 11.6 Å². The fourth-order valence-corrected chi connectivity index (χ4v) is 2.76. The Morgan fingerprint density at radius 3 is 2.31 bits per heavy atom. The van der Waals surface area contributed by atoms with Crippen LogP contribution in [0.3, 0.4) is 0 Å². The summed E-state index contributed by atoms with van der Waals surface area (Å²) in [7, 11) is 1.36. The summed E-state index contributed by atoms with van der Waals surface area (Å²) in [5.74, 6) is 1.26. The number of methoxy groups -OCH3 is 1. The lowest BCUT2D eigenvalue weighted by Crippen LogP contribution is -2.39. The van der Waals surface area contributed by atoms with Gasteiger partial charge in [0, 0.05) is 18.3 Å². The number of ether oxygens (including phenoxy) is 2. The maximum Gasteiger partial charge on any atom is 0.349 e. The molecule has 0 saturated carbocycles. The van der Waals surface area contributed by atoms with Gasteiger partial charge in [-0.15, -0.1) is 0 Å². The number of H-pyrrole nitrogens is 1. The molecule has 0 amide bonds. The topological polar surface area (TPSA) is 64.2 Å². The molecule has 0 radical (unpaired) electrons. The van der Waals surface area contributed by atoms with Gasteiger partial charge in [-0.05, 0) is 49.8 Å². The van der Waals surface area contributed by atoms with Crippen molar-refractivity contribution in [2.24, 2.45) is 5.41 Å². The minimum atomic E-state index is -1.01. The van der Waals surface area contributed by atoms with Crippen molar-refractivity contribution >= 4 is 5.97 Å². The molecule has 0 aliphatic rings. The average Bonchev–Trinajstić information content (AvgIpc) is 2.98. The van der Waals surface area contributed by atoms with Crippen LogP contribution in [0.4, 0.5) is 0 Å². The number of carbonyl (C=O) groups excluding carboxylic acids is 1. The van der Waals surface area contributed by atoms with Crippen LogP contribution in [0.2, 0.25) is 0 Å². The normalized spacial score (nSPS) is 12.1. The highest BCUT2D eigenvalue weighted by Gasteiger charge is 2.30. The number of aromatic amines is 1. The van der Waals surface area contributed by atoms with E-state index in [2.05, 4.69) is 30.7 Å². The van der Waals surface area contributed by atoms with Crippen LogP contribution in [0.5, 0.6) is 5.75 Å². The van der Waals surface area contributed by atoms with E-state index in [1.165, 1.54) is 18.4 Å². The van der Waals surface area contributed by atoms with Gasteiger partial charge in [-0.1, -0.05) is 32.9 Å². The third kappa shape index (κ3) is 5.90. The molecule has 0 saturated heterocycles. The zero-order valence-electron chi connectivity index (χ0n) is 16.7. The Morgan fingerprint density at radius 1 is 1.08 bits per heavy atom. The molecule has 5 nitrogen and oxygen atoms in total. The Labute approximate surface area is 156 Å². The molecule has 1 aromatic carbocycles. The summed E-state index contributed by atoms with van der Waals surface area (Å²) < 4.78 is 10.5. The first-order valence-corrected chi connectivity index (χ1v) is 8.98. The van der Waals surface area contributed by atoms with Gasteiger partial charge in [-0.2, -0.15) is 0 Å². The van der Waals surface area contributed by atoms with E-state index in [0.29, 0.717) is 5.75 Å². The highest BCUT2D eigenvalue weighted by Crippen LogP contribution is 2.21. The van der Waals surface area contributed by atoms with Gasteiger partial charge in [-0.3, -0.25) is 0 Å². The molecule has 2 aromatic rings. The van der Waals surface area contributed by atoms with Gasteiger partial charge < -0.3 is 14.5 Å². The number of carbonyl (C=O) groups is 1. The van der Waals surface area contributed by atoms with E-state index < -0.39 is 11.6 Å². The molecule has 0 bridgehead atoms. The predicted molar refractivity (Wildman–Crippen MR) is 102 cm³/mol. The van der Waals surface area contributed by atoms with Gasteiger partial charge >= 0.3 is 5.97 Å². The molecule has 2 rings (SSSR count). The lowest BCUT2D eigenvalue weighted by atomic mass is 9.91. The van der Waals surface area contributed by atoms with Gasteiger partial charge in [0.15, 0.2) is 5.60 Å². The molecule has 0 aliphatic carbocycles. The summed E-state index contributed by atoms with van der Waals surface area (Å²) in [4.78, 5) is 19.6. The summed E-state index contributed by atoms with van der Waals surface area (Å²) in [6.45, 7) is 10.0. The summed E-state index contributed by atoms with van der Waals surface area (Å²) >= 11 is 0.